The topological polar surface area (TPSA) is 12.0 Å². The molecule has 0 saturated carbocycles. The molecule has 0 fully saturated rings. The van der Waals surface area contributed by atoms with E-state index in [1.54, 1.807) is 11.3 Å². The summed E-state index contributed by atoms with van der Waals surface area (Å²) in [6.07, 6.45) is 0. The van der Waals surface area contributed by atoms with Crippen LogP contribution in [0.15, 0.2) is 12.1 Å². The van der Waals surface area contributed by atoms with E-state index in [-0.39, 0.29) is 5.41 Å². The van der Waals surface area contributed by atoms with Crippen LogP contribution in [0, 0.1) is 0 Å². The fraction of sp³-hybridized carbons (Fsp3) is 0.600. The first kappa shape index (κ1) is 12.3. The summed E-state index contributed by atoms with van der Waals surface area (Å²) in [5.74, 6) is 0.654. The van der Waals surface area contributed by atoms with Crippen LogP contribution >= 0.6 is 34.5 Å². The minimum atomic E-state index is 0.129. The molecule has 0 aliphatic heterocycles. The van der Waals surface area contributed by atoms with Gasteiger partial charge in [-0.15, -0.1) is 22.9 Å². The lowest BCUT2D eigenvalue weighted by molar-refractivity contribution is 0.487. The van der Waals surface area contributed by atoms with Crippen molar-refractivity contribution in [2.45, 2.75) is 19.3 Å². The number of hydrogen-bond donors (Lipinski definition) is 1. The smallest absolute Gasteiger partial charge is 0.0931 e. The summed E-state index contributed by atoms with van der Waals surface area (Å²) in [7, 11) is 0. The van der Waals surface area contributed by atoms with Gasteiger partial charge < -0.3 is 5.32 Å². The molecule has 1 N–H and O–H groups in total. The Morgan fingerprint density at radius 3 is 2.64 bits per heavy atom. The van der Waals surface area contributed by atoms with Crippen molar-refractivity contribution in [3.63, 3.8) is 0 Å². The van der Waals surface area contributed by atoms with Crippen LogP contribution in [-0.4, -0.2) is 19.0 Å². The van der Waals surface area contributed by atoms with Crippen molar-refractivity contribution in [3.05, 3.63) is 21.3 Å². The molecule has 1 aromatic heterocycles. The number of alkyl halides is 1. The van der Waals surface area contributed by atoms with Gasteiger partial charge in [0.2, 0.25) is 0 Å². The normalized spacial score (nSPS) is 12.0. The fourth-order valence-electron chi connectivity index (χ4n) is 1.23. The van der Waals surface area contributed by atoms with E-state index in [0.29, 0.717) is 5.88 Å². The molecule has 0 aromatic carbocycles. The molecule has 4 heteroatoms. The van der Waals surface area contributed by atoms with E-state index in [1.807, 2.05) is 6.07 Å². The standard InChI is InChI=1S/C10H15Cl2NS/c1-10(2,7-13-6-5-11)8-3-4-9(12)14-8/h3-4,13H,5-7H2,1-2H3. The van der Waals surface area contributed by atoms with Gasteiger partial charge in [-0.3, -0.25) is 0 Å². The molecule has 0 aliphatic rings. The van der Waals surface area contributed by atoms with Gasteiger partial charge >= 0.3 is 0 Å². The average Bonchev–Trinajstić information content (AvgIpc) is 2.53. The quantitative estimate of drug-likeness (QED) is 0.624. The Labute approximate surface area is 99.4 Å². The third-order valence-electron chi connectivity index (χ3n) is 2.08. The van der Waals surface area contributed by atoms with Crippen LogP contribution in [0.25, 0.3) is 0 Å². The molecule has 14 heavy (non-hydrogen) atoms. The van der Waals surface area contributed by atoms with Gasteiger partial charge in [0.05, 0.1) is 4.34 Å². The molecule has 0 bridgehead atoms. The molecule has 1 nitrogen and oxygen atoms in total. The van der Waals surface area contributed by atoms with E-state index in [4.69, 9.17) is 23.2 Å². The third kappa shape index (κ3) is 3.43. The molecule has 0 aliphatic carbocycles. The molecular weight excluding hydrogens is 237 g/mol. The maximum absolute atomic E-state index is 5.90. The average molecular weight is 252 g/mol. The lowest BCUT2D eigenvalue weighted by Crippen LogP contribution is -2.33. The second kappa shape index (κ2) is 5.36. The molecule has 0 unspecified atom stereocenters. The molecule has 0 spiro atoms. The van der Waals surface area contributed by atoms with Gasteiger partial charge in [-0.25, -0.2) is 0 Å². The fourth-order valence-corrected chi connectivity index (χ4v) is 2.51. The van der Waals surface area contributed by atoms with Crippen LogP contribution in [0.2, 0.25) is 4.34 Å². The highest BCUT2D eigenvalue weighted by molar-refractivity contribution is 7.16. The lowest BCUT2D eigenvalue weighted by atomic mass is 9.91. The highest BCUT2D eigenvalue weighted by Gasteiger charge is 2.21. The Balaban J connectivity index is 2.56. The first-order chi connectivity index (χ1) is 6.56. The van der Waals surface area contributed by atoms with Gasteiger partial charge in [0.1, 0.15) is 0 Å². The maximum Gasteiger partial charge on any atom is 0.0931 e. The summed E-state index contributed by atoms with van der Waals surface area (Å²) in [6.45, 7) is 6.19. The largest absolute Gasteiger partial charge is 0.315 e. The molecule has 1 heterocycles. The molecule has 0 amide bonds. The molecule has 0 saturated heterocycles. The van der Waals surface area contributed by atoms with E-state index in [1.165, 1.54) is 4.88 Å². The van der Waals surface area contributed by atoms with Gasteiger partial charge in [0, 0.05) is 29.3 Å². The Hall–Kier alpha value is 0.240. The first-order valence-electron chi connectivity index (χ1n) is 4.59. The van der Waals surface area contributed by atoms with Crippen LogP contribution in [-0.2, 0) is 5.41 Å². The molecule has 0 atom stereocenters. The summed E-state index contributed by atoms with van der Waals surface area (Å²) in [4.78, 5) is 1.31. The zero-order valence-corrected chi connectivity index (χ0v) is 10.8. The third-order valence-corrected chi connectivity index (χ3v) is 3.86. The molecule has 1 rings (SSSR count). The van der Waals surface area contributed by atoms with E-state index in [0.717, 1.165) is 17.4 Å². The number of thiophene rings is 1. The maximum atomic E-state index is 5.90. The zero-order chi connectivity index (χ0) is 10.6. The Morgan fingerprint density at radius 1 is 1.43 bits per heavy atom. The Bertz CT molecular complexity index is 283. The van der Waals surface area contributed by atoms with Crippen molar-refractivity contribution in [3.8, 4) is 0 Å². The highest BCUT2D eigenvalue weighted by Crippen LogP contribution is 2.31. The van der Waals surface area contributed by atoms with Gasteiger partial charge in [-0.05, 0) is 12.1 Å². The van der Waals surface area contributed by atoms with Crippen molar-refractivity contribution in [2.24, 2.45) is 0 Å². The van der Waals surface area contributed by atoms with Crippen molar-refractivity contribution >= 4 is 34.5 Å². The Morgan fingerprint density at radius 2 is 2.14 bits per heavy atom. The lowest BCUT2D eigenvalue weighted by Gasteiger charge is -2.23. The van der Waals surface area contributed by atoms with Crippen LogP contribution in [0.3, 0.4) is 0 Å². The number of hydrogen-bond acceptors (Lipinski definition) is 2. The summed E-state index contributed by atoms with van der Waals surface area (Å²) in [5.41, 5.74) is 0.129. The van der Waals surface area contributed by atoms with Crippen LogP contribution in [0.4, 0.5) is 0 Å². The van der Waals surface area contributed by atoms with Gasteiger partial charge in [-0.2, -0.15) is 0 Å². The Kier molecular flexibility index (Phi) is 4.71. The van der Waals surface area contributed by atoms with Gasteiger partial charge in [-0.1, -0.05) is 25.4 Å². The first-order valence-corrected chi connectivity index (χ1v) is 6.31. The summed E-state index contributed by atoms with van der Waals surface area (Å²) in [6, 6.07) is 4.04. The van der Waals surface area contributed by atoms with Crippen molar-refractivity contribution in [2.75, 3.05) is 19.0 Å². The van der Waals surface area contributed by atoms with E-state index >= 15 is 0 Å². The molecule has 1 aromatic rings. The minimum absolute atomic E-state index is 0.129. The summed E-state index contributed by atoms with van der Waals surface area (Å²) < 4.78 is 0.852. The summed E-state index contributed by atoms with van der Waals surface area (Å²) in [5, 5.41) is 3.31. The predicted octanol–water partition coefficient (Wildman–Crippen LogP) is 3.51. The van der Waals surface area contributed by atoms with Crippen LogP contribution in [0.1, 0.15) is 18.7 Å². The van der Waals surface area contributed by atoms with Crippen molar-refractivity contribution in [1.82, 2.24) is 5.32 Å². The highest BCUT2D eigenvalue weighted by atomic mass is 35.5. The van der Waals surface area contributed by atoms with E-state index < -0.39 is 0 Å². The second-order valence-electron chi connectivity index (χ2n) is 3.85. The minimum Gasteiger partial charge on any atom is -0.315 e. The number of rotatable bonds is 5. The second-order valence-corrected chi connectivity index (χ2v) is 5.95. The number of nitrogens with one attached hydrogen (secondary N) is 1. The summed E-state index contributed by atoms with van der Waals surface area (Å²) >= 11 is 13.1. The predicted molar refractivity (Wildman–Crippen MR) is 65.9 cm³/mol. The molecule has 80 valence electrons. The zero-order valence-electron chi connectivity index (χ0n) is 8.44. The van der Waals surface area contributed by atoms with Gasteiger partial charge in [0.25, 0.3) is 0 Å². The monoisotopic (exact) mass is 251 g/mol. The van der Waals surface area contributed by atoms with E-state index in [2.05, 4.69) is 25.2 Å². The van der Waals surface area contributed by atoms with E-state index in [9.17, 15) is 0 Å². The van der Waals surface area contributed by atoms with Crippen LogP contribution in [0.5, 0.6) is 0 Å². The molecular formula is C10H15Cl2NS. The van der Waals surface area contributed by atoms with Crippen LogP contribution < -0.4 is 5.32 Å². The SMILES string of the molecule is CC(C)(CNCCCl)c1ccc(Cl)s1. The van der Waals surface area contributed by atoms with Crippen molar-refractivity contribution < 1.29 is 0 Å². The molecule has 0 radical (unpaired) electrons. The van der Waals surface area contributed by atoms with Gasteiger partial charge in [0.15, 0.2) is 0 Å². The van der Waals surface area contributed by atoms with Crippen molar-refractivity contribution in [1.29, 1.82) is 0 Å². The number of halogens is 2.